The number of benzene rings is 1. The number of hydrogen-bond acceptors (Lipinski definition) is 0. The summed E-state index contributed by atoms with van der Waals surface area (Å²) < 4.78 is 0. The highest BCUT2D eigenvalue weighted by atomic mass is 14.0. The van der Waals surface area contributed by atoms with Crippen LogP contribution in [0.25, 0.3) is 12.2 Å². The van der Waals surface area contributed by atoms with Gasteiger partial charge in [0, 0.05) is 0 Å². The van der Waals surface area contributed by atoms with Crippen LogP contribution in [-0.4, -0.2) is 0 Å². The molecule has 0 amide bonds. The standard InChI is InChI=1S/C12H12.C2H6.CH4/c1-10-5-4-8-11-6-2-3-7-12(11)9-10;1-2;/h2-4,6-9H,5H2,1H3;1-2H3;1H4. The summed E-state index contributed by atoms with van der Waals surface area (Å²) in [6.07, 6.45) is 7.75. The Labute approximate surface area is 94.3 Å². The van der Waals surface area contributed by atoms with E-state index in [-0.39, 0.29) is 7.43 Å². The van der Waals surface area contributed by atoms with Gasteiger partial charge in [0.1, 0.15) is 0 Å². The van der Waals surface area contributed by atoms with Crippen LogP contribution in [0.4, 0.5) is 0 Å². The summed E-state index contributed by atoms with van der Waals surface area (Å²) in [4.78, 5) is 0. The predicted molar refractivity (Wildman–Crippen MR) is 71.8 cm³/mol. The van der Waals surface area contributed by atoms with Gasteiger partial charge in [-0.25, -0.2) is 0 Å². The molecule has 1 aromatic rings. The molecule has 0 saturated heterocycles. The van der Waals surface area contributed by atoms with Crippen LogP contribution in [0.3, 0.4) is 0 Å². The summed E-state index contributed by atoms with van der Waals surface area (Å²) in [6.45, 7) is 6.17. The summed E-state index contributed by atoms with van der Waals surface area (Å²) in [6, 6.07) is 8.48. The minimum Gasteiger partial charge on any atom is -0.0799 e. The molecule has 1 aliphatic carbocycles. The lowest BCUT2D eigenvalue weighted by Crippen LogP contribution is -1.77. The molecule has 0 aromatic heterocycles. The topological polar surface area (TPSA) is 0 Å². The van der Waals surface area contributed by atoms with Gasteiger partial charge >= 0.3 is 0 Å². The first kappa shape index (κ1) is 13.7. The van der Waals surface area contributed by atoms with Crippen molar-refractivity contribution >= 4 is 12.2 Å². The maximum absolute atomic E-state index is 2.26. The van der Waals surface area contributed by atoms with Gasteiger partial charge in [0.15, 0.2) is 0 Å². The summed E-state index contributed by atoms with van der Waals surface area (Å²) in [5.74, 6) is 0. The van der Waals surface area contributed by atoms with Crippen molar-refractivity contribution in [3.8, 4) is 0 Å². The van der Waals surface area contributed by atoms with Crippen molar-refractivity contribution < 1.29 is 0 Å². The number of allylic oxidation sites excluding steroid dienone is 2. The minimum absolute atomic E-state index is 0. The van der Waals surface area contributed by atoms with Gasteiger partial charge in [0.2, 0.25) is 0 Å². The minimum atomic E-state index is 0. The Morgan fingerprint density at radius 2 is 1.60 bits per heavy atom. The quantitative estimate of drug-likeness (QED) is 0.544. The van der Waals surface area contributed by atoms with Crippen LogP contribution >= 0.6 is 0 Å². The molecule has 0 heteroatoms. The molecule has 0 unspecified atom stereocenters. The van der Waals surface area contributed by atoms with Crippen LogP contribution in [0, 0.1) is 0 Å². The molecule has 1 aliphatic rings. The molecule has 0 saturated carbocycles. The van der Waals surface area contributed by atoms with E-state index in [4.69, 9.17) is 0 Å². The highest BCUT2D eigenvalue weighted by molar-refractivity contribution is 5.68. The van der Waals surface area contributed by atoms with Crippen LogP contribution < -0.4 is 0 Å². The van der Waals surface area contributed by atoms with Gasteiger partial charge in [0.25, 0.3) is 0 Å². The molecule has 0 spiro atoms. The van der Waals surface area contributed by atoms with Gasteiger partial charge in [-0.1, -0.05) is 69.3 Å². The second kappa shape index (κ2) is 7.05. The van der Waals surface area contributed by atoms with E-state index in [0.717, 1.165) is 6.42 Å². The first-order valence-electron chi connectivity index (χ1n) is 5.29. The van der Waals surface area contributed by atoms with Crippen LogP contribution in [0.1, 0.15) is 45.7 Å². The Kier molecular flexibility index (Phi) is 6.44. The third-order valence-corrected chi connectivity index (χ3v) is 2.14. The fraction of sp³-hybridized carbons (Fsp3) is 0.333. The predicted octanol–water partition coefficient (Wildman–Crippen LogP) is 5.17. The molecule has 82 valence electrons. The lowest BCUT2D eigenvalue weighted by atomic mass is 10.1. The molecule has 0 fully saturated rings. The number of rotatable bonds is 0. The van der Waals surface area contributed by atoms with Gasteiger partial charge in [0.05, 0.1) is 0 Å². The number of hydrogen-bond donors (Lipinski definition) is 0. The first-order chi connectivity index (χ1) is 6.86. The molecule has 0 N–H and O–H groups in total. The fourth-order valence-corrected chi connectivity index (χ4v) is 1.49. The molecule has 0 atom stereocenters. The second-order valence-corrected chi connectivity index (χ2v) is 3.23. The maximum Gasteiger partial charge on any atom is -0.0135 e. The Morgan fingerprint density at radius 1 is 1.00 bits per heavy atom. The van der Waals surface area contributed by atoms with Crippen molar-refractivity contribution in [2.45, 2.75) is 34.6 Å². The van der Waals surface area contributed by atoms with Crippen LogP contribution in [-0.2, 0) is 0 Å². The largest absolute Gasteiger partial charge is 0.0799 e. The van der Waals surface area contributed by atoms with Gasteiger partial charge in [-0.2, -0.15) is 0 Å². The molecule has 1 aromatic carbocycles. The molecular weight excluding hydrogens is 180 g/mol. The molecule has 0 radical (unpaired) electrons. The fourth-order valence-electron chi connectivity index (χ4n) is 1.49. The monoisotopic (exact) mass is 202 g/mol. The highest BCUT2D eigenvalue weighted by Crippen LogP contribution is 2.20. The van der Waals surface area contributed by atoms with Crippen LogP contribution in [0.2, 0.25) is 0 Å². The van der Waals surface area contributed by atoms with Crippen molar-refractivity contribution in [3.63, 3.8) is 0 Å². The van der Waals surface area contributed by atoms with Crippen molar-refractivity contribution in [2.24, 2.45) is 0 Å². The van der Waals surface area contributed by atoms with Gasteiger partial charge in [-0.15, -0.1) is 0 Å². The first-order valence-corrected chi connectivity index (χ1v) is 5.29. The van der Waals surface area contributed by atoms with E-state index in [0.29, 0.717) is 0 Å². The van der Waals surface area contributed by atoms with E-state index in [1.54, 1.807) is 0 Å². The van der Waals surface area contributed by atoms with Gasteiger partial charge < -0.3 is 0 Å². The van der Waals surface area contributed by atoms with Crippen molar-refractivity contribution in [2.75, 3.05) is 0 Å². The average molecular weight is 202 g/mol. The van der Waals surface area contributed by atoms with E-state index >= 15 is 0 Å². The molecule has 0 heterocycles. The second-order valence-electron chi connectivity index (χ2n) is 3.23. The Hall–Kier alpha value is -1.30. The zero-order valence-corrected chi connectivity index (χ0v) is 9.25. The lowest BCUT2D eigenvalue weighted by Gasteiger charge is -1.98. The molecule has 2 rings (SSSR count). The third kappa shape index (κ3) is 3.75. The zero-order valence-electron chi connectivity index (χ0n) is 9.25. The van der Waals surface area contributed by atoms with Crippen LogP contribution in [0.15, 0.2) is 35.9 Å². The average Bonchev–Trinajstić information content (AvgIpc) is 2.41. The summed E-state index contributed by atoms with van der Waals surface area (Å²) in [5, 5.41) is 0. The van der Waals surface area contributed by atoms with Crippen LogP contribution in [0.5, 0.6) is 0 Å². The molecule has 0 nitrogen and oxygen atoms in total. The molecule has 0 aliphatic heterocycles. The third-order valence-electron chi connectivity index (χ3n) is 2.14. The summed E-state index contributed by atoms with van der Waals surface area (Å²) in [7, 11) is 0. The van der Waals surface area contributed by atoms with Gasteiger partial charge in [-0.3, -0.25) is 0 Å². The summed E-state index contributed by atoms with van der Waals surface area (Å²) >= 11 is 0. The van der Waals surface area contributed by atoms with E-state index in [2.05, 4.69) is 49.4 Å². The normalized spacial score (nSPS) is 12.3. The van der Waals surface area contributed by atoms with E-state index in [9.17, 15) is 0 Å². The van der Waals surface area contributed by atoms with Crippen molar-refractivity contribution in [3.05, 3.63) is 47.0 Å². The smallest absolute Gasteiger partial charge is 0.0135 e. The Morgan fingerprint density at radius 3 is 2.27 bits per heavy atom. The van der Waals surface area contributed by atoms with Crippen molar-refractivity contribution in [1.82, 2.24) is 0 Å². The zero-order chi connectivity index (χ0) is 10.4. The van der Waals surface area contributed by atoms with Crippen molar-refractivity contribution in [1.29, 1.82) is 0 Å². The Balaban J connectivity index is 0.000000617. The van der Waals surface area contributed by atoms with E-state index in [1.165, 1.54) is 16.7 Å². The van der Waals surface area contributed by atoms with Gasteiger partial charge in [-0.05, 0) is 24.5 Å². The number of fused-ring (bicyclic) bond motifs is 1. The molecule has 15 heavy (non-hydrogen) atoms. The van der Waals surface area contributed by atoms with E-state index < -0.39 is 0 Å². The molecular formula is C15H22. The lowest BCUT2D eigenvalue weighted by molar-refractivity contribution is 1.25. The highest BCUT2D eigenvalue weighted by Gasteiger charge is 1.98. The Bertz CT molecular complexity index is 343. The summed E-state index contributed by atoms with van der Waals surface area (Å²) in [5.41, 5.74) is 4.09. The van der Waals surface area contributed by atoms with E-state index in [1.807, 2.05) is 13.8 Å². The maximum atomic E-state index is 2.26. The SMILES string of the molecule is C.CC.CC1=Cc2ccccc2C=CC1. The molecule has 0 bridgehead atoms.